The fraction of sp³-hybridized carbons (Fsp3) is 0.310. The number of carbonyl (C=O) groups excluding carboxylic acids is 2. The second kappa shape index (κ2) is 12.1. The summed E-state index contributed by atoms with van der Waals surface area (Å²) < 4.78 is 33.4. The molecule has 10 nitrogen and oxygen atoms in total. The van der Waals surface area contributed by atoms with E-state index in [9.17, 15) is 9.59 Å². The van der Waals surface area contributed by atoms with E-state index in [1.54, 1.807) is 36.4 Å². The van der Waals surface area contributed by atoms with Crippen molar-refractivity contribution in [3.05, 3.63) is 78.1 Å². The number of ether oxygens (including phenoxy) is 3. The van der Waals surface area contributed by atoms with Gasteiger partial charge in [-0.25, -0.2) is 9.07 Å². The number of para-hydroxylation sites is 2. The number of amides is 2. The van der Waals surface area contributed by atoms with Crippen LogP contribution in [0.4, 0.5) is 10.1 Å². The molecule has 1 aliphatic heterocycles. The van der Waals surface area contributed by atoms with Crippen LogP contribution in [0.15, 0.2) is 66.7 Å². The fourth-order valence-electron chi connectivity index (χ4n) is 4.86. The molecule has 0 aliphatic carbocycles. The van der Waals surface area contributed by atoms with Crippen LogP contribution in [0.5, 0.6) is 11.5 Å². The first-order valence-corrected chi connectivity index (χ1v) is 13.0. The second-order valence-corrected chi connectivity index (χ2v) is 9.34. The molecule has 2 atom stereocenters. The monoisotopic (exact) mass is 547 g/mol. The first-order chi connectivity index (χ1) is 19.5. The number of hydrogen-bond donors (Lipinski definition) is 1. The second-order valence-electron chi connectivity index (χ2n) is 9.34. The third-order valence-electron chi connectivity index (χ3n) is 6.86. The van der Waals surface area contributed by atoms with E-state index < -0.39 is 23.7 Å². The van der Waals surface area contributed by atoms with E-state index in [-0.39, 0.29) is 24.9 Å². The van der Waals surface area contributed by atoms with E-state index in [0.717, 1.165) is 17.7 Å². The number of anilines is 1. The molecule has 0 unspecified atom stereocenters. The van der Waals surface area contributed by atoms with Gasteiger partial charge in [0.05, 0.1) is 31.5 Å². The number of aromatic nitrogens is 3. The number of nitrogens with one attached hydrogen (secondary N) is 1. The molecular weight excluding hydrogens is 517 g/mol. The van der Waals surface area contributed by atoms with Crippen molar-refractivity contribution < 1.29 is 28.2 Å². The van der Waals surface area contributed by atoms with Crippen molar-refractivity contribution in [2.45, 2.75) is 31.5 Å². The number of benzene rings is 3. The highest BCUT2D eigenvalue weighted by molar-refractivity contribution is 6.02. The zero-order valence-corrected chi connectivity index (χ0v) is 22.2. The molecular formula is C29H30FN5O5. The zero-order valence-electron chi connectivity index (χ0n) is 22.2. The van der Waals surface area contributed by atoms with Crippen molar-refractivity contribution in [1.29, 1.82) is 0 Å². The molecule has 4 aromatic rings. The van der Waals surface area contributed by atoms with E-state index in [2.05, 4.69) is 15.6 Å². The average molecular weight is 548 g/mol. The minimum absolute atomic E-state index is 0.0629. The van der Waals surface area contributed by atoms with E-state index in [0.29, 0.717) is 34.7 Å². The van der Waals surface area contributed by atoms with Crippen molar-refractivity contribution in [3.63, 3.8) is 0 Å². The molecule has 0 saturated carbocycles. The Morgan fingerprint density at radius 1 is 1.12 bits per heavy atom. The summed E-state index contributed by atoms with van der Waals surface area (Å²) in [5, 5.41) is 11.2. The van der Waals surface area contributed by atoms with E-state index in [4.69, 9.17) is 14.2 Å². The quantitative estimate of drug-likeness (QED) is 0.323. The van der Waals surface area contributed by atoms with Crippen molar-refractivity contribution in [2.75, 3.05) is 32.3 Å². The van der Waals surface area contributed by atoms with Crippen molar-refractivity contribution in [1.82, 2.24) is 20.3 Å². The molecule has 2 heterocycles. The van der Waals surface area contributed by atoms with Gasteiger partial charge in [0, 0.05) is 24.8 Å². The van der Waals surface area contributed by atoms with Gasteiger partial charge in [0.2, 0.25) is 11.8 Å². The number of nitrogens with zero attached hydrogens (tertiary/aromatic N) is 4. The summed E-state index contributed by atoms with van der Waals surface area (Å²) in [5.74, 6) is -0.951. The van der Waals surface area contributed by atoms with Gasteiger partial charge in [-0.15, -0.1) is 5.10 Å². The molecule has 1 N–H and O–H groups in total. The average Bonchev–Trinajstić information content (AvgIpc) is 3.65. The van der Waals surface area contributed by atoms with Gasteiger partial charge in [-0.3, -0.25) is 14.5 Å². The Kier molecular flexibility index (Phi) is 8.20. The number of hydrogen-bond acceptors (Lipinski definition) is 7. The standard InChI is InChI=1S/C29H30FN5O5/c1-38-19-13-14-21(26(16-19)39-2)28(29(37)31-17-20-8-7-15-40-20)35(24-11-5-3-9-22(24)30)27(36)18-34-25-12-6-4-10-23(25)32-33-34/h3-6,9-14,16,20,28H,7-8,15,17-18H2,1-2H3,(H,31,37)/t20-,28-/m0/s1. The predicted octanol–water partition coefficient (Wildman–Crippen LogP) is 3.66. The number of halogens is 1. The highest BCUT2D eigenvalue weighted by Gasteiger charge is 2.37. The minimum atomic E-state index is -1.29. The Bertz CT molecular complexity index is 1500. The highest BCUT2D eigenvalue weighted by atomic mass is 19.1. The lowest BCUT2D eigenvalue weighted by molar-refractivity contribution is -0.127. The molecule has 2 amide bonds. The third kappa shape index (κ3) is 5.59. The Morgan fingerprint density at radius 3 is 2.67 bits per heavy atom. The first kappa shape index (κ1) is 27.1. The summed E-state index contributed by atoms with van der Waals surface area (Å²) in [6.07, 6.45) is 1.58. The molecule has 1 aliphatic rings. The molecule has 1 fully saturated rings. The normalized spacial score (nSPS) is 15.5. The van der Waals surface area contributed by atoms with Crippen molar-refractivity contribution in [2.24, 2.45) is 0 Å². The van der Waals surface area contributed by atoms with Crippen LogP contribution in [-0.4, -0.2) is 60.3 Å². The molecule has 1 aromatic heterocycles. The van der Waals surface area contributed by atoms with Crippen molar-refractivity contribution >= 4 is 28.5 Å². The summed E-state index contributed by atoms with van der Waals surface area (Å²) in [4.78, 5) is 29.2. The molecule has 0 radical (unpaired) electrons. The molecule has 5 rings (SSSR count). The Morgan fingerprint density at radius 2 is 1.93 bits per heavy atom. The van der Waals surface area contributed by atoms with Crippen LogP contribution < -0.4 is 19.7 Å². The van der Waals surface area contributed by atoms with Crippen LogP contribution in [-0.2, 0) is 20.9 Å². The van der Waals surface area contributed by atoms with Crippen LogP contribution in [0.3, 0.4) is 0 Å². The lowest BCUT2D eigenvalue weighted by Gasteiger charge is -2.32. The van der Waals surface area contributed by atoms with E-state index in [1.165, 1.54) is 37.1 Å². The van der Waals surface area contributed by atoms with Crippen LogP contribution in [0, 0.1) is 5.82 Å². The molecule has 1 saturated heterocycles. The Labute approximate surface area is 230 Å². The predicted molar refractivity (Wildman–Crippen MR) is 146 cm³/mol. The molecule has 40 heavy (non-hydrogen) atoms. The fourth-order valence-corrected chi connectivity index (χ4v) is 4.86. The highest BCUT2D eigenvalue weighted by Crippen LogP contribution is 2.37. The maximum absolute atomic E-state index is 15.4. The first-order valence-electron chi connectivity index (χ1n) is 13.0. The van der Waals surface area contributed by atoms with Crippen molar-refractivity contribution in [3.8, 4) is 11.5 Å². The SMILES string of the molecule is COc1ccc([C@@H](C(=O)NC[C@@H]2CCCO2)N(C(=O)Cn2nnc3ccccc32)c2ccccc2F)c(OC)c1. The van der Waals surface area contributed by atoms with Gasteiger partial charge in [0.15, 0.2) is 0 Å². The van der Waals surface area contributed by atoms with Gasteiger partial charge in [-0.1, -0.05) is 29.5 Å². The number of rotatable bonds is 10. The van der Waals surface area contributed by atoms with Gasteiger partial charge in [-0.2, -0.15) is 0 Å². The summed E-state index contributed by atoms with van der Waals surface area (Å²) >= 11 is 0. The zero-order chi connectivity index (χ0) is 28.1. The van der Waals surface area contributed by atoms with Gasteiger partial charge >= 0.3 is 0 Å². The Balaban J connectivity index is 1.60. The lowest BCUT2D eigenvalue weighted by atomic mass is 10.0. The molecule has 11 heteroatoms. The topological polar surface area (TPSA) is 108 Å². The van der Waals surface area contributed by atoms with E-state index >= 15 is 4.39 Å². The Hall–Kier alpha value is -4.51. The molecule has 3 aromatic carbocycles. The third-order valence-corrected chi connectivity index (χ3v) is 6.86. The number of carbonyl (C=O) groups is 2. The van der Waals surface area contributed by atoms with Gasteiger partial charge in [0.1, 0.15) is 35.4 Å². The van der Waals surface area contributed by atoms with Gasteiger partial charge in [0.25, 0.3) is 0 Å². The summed E-state index contributed by atoms with van der Waals surface area (Å²) in [6.45, 7) is 0.589. The minimum Gasteiger partial charge on any atom is -0.497 e. The van der Waals surface area contributed by atoms with E-state index in [1.807, 2.05) is 12.1 Å². The largest absolute Gasteiger partial charge is 0.497 e. The van der Waals surface area contributed by atoms with Crippen LogP contribution >= 0.6 is 0 Å². The van der Waals surface area contributed by atoms with Crippen LogP contribution in [0.1, 0.15) is 24.4 Å². The molecule has 0 bridgehead atoms. The summed E-state index contributed by atoms with van der Waals surface area (Å²) in [6, 6.07) is 16.7. The van der Waals surface area contributed by atoms with Crippen LogP contribution in [0.2, 0.25) is 0 Å². The molecule has 0 spiro atoms. The maximum atomic E-state index is 15.4. The lowest BCUT2D eigenvalue weighted by Crippen LogP contribution is -2.47. The maximum Gasteiger partial charge on any atom is 0.249 e. The molecule has 208 valence electrons. The van der Waals surface area contributed by atoms with Crippen LogP contribution in [0.25, 0.3) is 11.0 Å². The smallest absolute Gasteiger partial charge is 0.249 e. The summed E-state index contributed by atoms with van der Waals surface area (Å²) in [5.41, 5.74) is 1.53. The summed E-state index contributed by atoms with van der Waals surface area (Å²) in [7, 11) is 2.97. The number of methoxy groups -OCH3 is 2. The number of fused-ring (bicyclic) bond motifs is 1. The van der Waals surface area contributed by atoms with Gasteiger partial charge in [-0.05, 0) is 49.2 Å². The van der Waals surface area contributed by atoms with Gasteiger partial charge < -0.3 is 19.5 Å².